The Kier molecular flexibility index (Phi) is 5.76. The van der Waals surface area contributed by atoms with Crippen molar-refractivity contribution in [1.82, 2.24) is 34.1 Å². The second-order valence-electron chi connectivity index (χ2n) is 10.4. The molecule has 5 aromatic heterocycles. The van der Waals surface area contributed by atoms with E-state index in [2.05, 4.69) is 35.7 Å². The third kappa shape index (κ3) is 4.34. The number of benzene rings is 1. The fraction of sp³-hybridized carbons (Fsp3) is 0.214. The third-order valence-corrected chi connectivity index (χ3v) is 7.83. The van der Waals surface area contributed by atoms with Gasteiger partial charge in [-0.3, -0.25) is 9.20 Å². The van der Waals surface area contributed by atoms with Crippen molar-refractivity contribution in [2.24, 2.45) is 0 Å². The van der Waals surface area contributed by atoms with Gasteiger partial charge in [0.25, 0.3) is 5.56 Å². The molecule has 1 aromatic carbocycles. The summed E-state index contributed by atoms with van der Waals surface area (Å²) in [6, 6.07) is 9.62. The largest absolute Gasteiger partial charge is 0.383 e. The Balaban J connectivity index is 1.58. The van der Waals surface area contributed by atoms with Gasteiger partial charge in [-0.25, -0.2) is 29.0 Å². The van der Waals surface area contributed by atoms with Gasteiger partial charge in [-0.05, 0) is 36.2 Å². The Hall–Kier alpha value is -4.51. The lowest BCUT2D eigenvalue weighted by Gasteiger charge is -2.13. The van der Waals surface area contributed by atoms with Crippen LogP contribution in [0.2, 0.25) is 0 Å². The Morgan fingerprint density at radius 3 is 2.67 bits per heavy atom. The number of thiazole rings is 1. The zero-order chi connectivity index (χ0) is 27.5. The van der Waals surface area contributed by atoms with Crippen molar-refractivity contribution in [2.45, 2.75) is 39.7 Å². The zero-order valence-corrected chi connectivity index (χ0v) is 22.6. The molecule has 0 amide bonds. The average Bonchev–Trinajstić information content (AvgIpc) is 3.51. The maximum absolute atomic E-state index is 14.3. The van der Waals surface area contributed by atoms with Crippen LogP contribution >= 0.6 is 11.3 Å². The molecule has 6 rings (SSSR count). The first kappa shape index (κ1) is 24.8. The van der Waals surface area contributed by atoms with Crippen LogP contribution in [0.1, 0.15) is 37.0 Å². The number of hydrogen-bond donors (Lipinski definition) is 1. The van der Waals surface area contributed by atoms with Crippen molar-refractivity contribution < 1.29 is 4.39 Å². The quantitative estimate of drug-likeness (QED) is 0.334. The summed E-state index contributed by atoms with van der Waals surface area (Å²) in [5, 5.41) is 6.43. The molecule has 11 heteroatoms. The van der Waals surface area contributed by atoms with E-state index in [4.69, 9.17) is 15.8 Å². The van der Waals surface area contributed by atoms with Crippen LogP contribution in [0, 0.1) is 12.7 Å². The van der Waals surface area contributed by atoms with E-state index in [1.807, 2.05) is 13.0 Å². The second kappa shape index (κ2) is 9.05. The minimum atomic E-state index is -0.445. The van der Waals surface area contributed by atoms with Gasteiger partial charge in [-0.2, -0.15) is 5.10 Å². The summed E-state index contributed by atoms with van der Waals surface area (Å²) >= 11 is 1.53. The highest BCUT2D eigenvalue weighted by Crippen LogP contribution is 2.37. The first-order chi connectivity index (χ1) is 18.6. The number of nitrogens with two attached hydrogens (primary N) is 1. The Labute approximate surface area is 226 Å². The number of nitrogens with zero attached hydrogens (tertiary/aromatic N) is 7. The molecule has 0 aliphatic rings. The predicted octanol–water partition coefficient (Wildman–Crippen LogP) is 5.00. The lowest BCUT2D eigenvalue weighted by Crippen LogP contribution is -2.21. The Morgan fingerprint density at radius 2 is 1.92 bits per heavy atom. The van der Waals surface area contributed by atoms with E-state index >= 15 is 0 Å². The molecule has 9 nitrogen and oxygen atoms in total. The maximum Gasteiger partial charge on any atom is 0.266 e. The van der Waals surface area contributed by atoms with E-state index in [1.54, 1.807) is 35.3 Å². The van der Waals surface area contributed by atoms with E-state index in [-0.39, 0.29) is 23.1 Å². The zero-order valence-electron chi connectivity index (χ0n) is 21.8. The normalized spacial score (nSPS) is 12.0. The minimum absolute atomic E-state index is 0.101. The average molecular weight is 541 g/mol. The van der Waals surface area contributed by atoms with Crippen molar-refractivity contribution in [1.29, 1.82) is 0 Å². The van der Waals surface area contributed by atoms with E-state index in [0.29, 0.717) is 39.4 Å². The monoisotopic (exact) mass is 540 g/mol. The van der Waals surface area contributed by atoms with Gasteiger partial charge in [0.05, 0.1) is 33.1 Å². The molecule has 0 saturated carbocycles. The van der Waals surface area contributed by atoms with Crippen LogP contribution in [0.15, 0.2) is 59.9 Å². The maximum atomic E-state index is 14.3. The van der Waals surface area contributed by atoms with Gasteiger partial charge in [0, 0.05) is 17.8 Å². The number of halogens is 1. The molecule has 2 N–H and O–H groups in total. The van der Waals surface area contributed by atoms with Crippen LogP contribution < -0.4 is 11.3 Å². The summed E-state index contributed by atoms with van der Waals surface area (Å²) in [6.45, 7) is 8.30. The minimum Gasteiger partial charge on any atom is -0.383 e. The van der Waals surface area contributed by atoms with Gasteiger partial charge in [0.1, 0.15) is 29.3 Å². The van der Waals surface area contributed by atoms with Gasteiger partial charge in [-0.15, -0.1) is 11.3 Å². The topological polar surface area (TPSA) is 117 Å². The number of pyridine rings is 1. The van der Waals surface area contributed by atoms with Crippen LogP contribution in [-0.2, 0) is 12.0 Å². The van der Waals surface area contributed by atoms with Gasteiger partial charge >= 0.3 is 0 Å². The highest BCUT2D eigenvalue weighted by Gasteiger charge is 2.24. The highest BCUT2D eigenvalue weighted by atomic mass is 32.1. The first-order valence-electron chi connectivity index (χ1n) is 12.3. The van der Waals surface area contributed by atoms with Crippen molar-refractivity contribution in [3.63, 3.8) is 0 Å². The lowest BCUT2D eigenvalue weighted by molar-refractivity contribution is 0.585. The molecule has 6 aromatic rings. The number of nitrogen functional groups attached to an aromatic ring is 1. The van der Waals surface area contributed by atoms with Crippen LogP contribution in [-0.4, -0.2) is 34.1 Å². The summed E-state index contributed by atoms with van der Waals surface area (Å²) in [6.07, 6.45) is 4.89. The number of anilines is 1. The molecule has 0 spiro atoms. The molecule has 5 heterocycles. The molecule has 0 saturated heterocycles. The fourth-order valence-corrected chi connectivity index (χ4v) is 5.49. The van der Waals surface area contributed by atoms with Crippen LogP contribution in [0.5, 0.6) is 0 Å². The SMILES string of the molecule is Cc1ccc2nc(Cn3nc(-c4cnc(C(C)(C)C)s4)c4c(N)ncnc43)c(-c3cccc(F)c3)c(=O)n2c1. The fourth-order valence-electron chi connectivity index (χ4n) is 4.52. The molecular weight excluding hydrogens is 515 g/mol. The van der Waals surface area contributed by atoms with E-state index < -0.39 is 5.82 Å². The van der Waals surface area contributed by atoms with Crippen LogP contribution in [0.4, 0.5) is 10.2 Å². The first-order valence-corrected chi connectivity index (χ1v) is 13.1. The number of fused-ring (bicyclic) bond motifs is 2. The number of hydrogen-bond acceptors (Lipinski definition) is 8. The number of aryl methyl sites for hydroxylation is 1. The third-order valence-electron chi connectivity index (χ3n) is 6.40. The highest BCUT2D eigenvalue weighted by molar-refractivity contribution is 7.15. The number of rotatable bonds is 4. The molecule has 0 fully saturated rings. The lowest BCUT2D eigenvalue weighted by atomic mass is 9.98. The standard InChI is InChI=1S/C28H25FN8OS/c1-15-8-9-20-34-18(21(26(38)36(20)12-15)16-6-5-7-17(29)10-16)13-37-25-22(24(30)32-14-33-25)23(35-37)19-11-31-27(39-19)28(2,3)4/h5-12,14H,13H2,1-4H3,(H2,30,32,33). The summed E-state index contributed by atoms with van der Waals surface area (Å²) < 4.78 is 17.4. The van der Waals surface area contributed by atoms with Crippen molar-refractivity contribution >= 4 is 33.8 Å². The summed E-state index contributed by atoms with van der Waals surface area (Å²) in [7, 11) is 0. The van der Waals surface area contributed by atoms with Gasteiger partial charge < -0.3 is 5.73 Å². The summed E-state index contributed by atoms with van der Waals surface area (Å²) in [4.78, 5) is 32.7. The summed E-state index contributed by atoms with van der Waals surface area (Å²) in [5.74, 6) is -0.154. The van der Waals surface area contributed by atoms with Crippen molar-refractivity contribution in [3.05, 3.63) is 87.6 Å². The predicted molar refractivity (Wildman–Crippen MR) is 150 cm³/mol. The molecule has 0 bridgehead atoms. The van der Waals surface area contributed by atoms with Crippen LogP contribution in [0.25, 0.3) is 38.4 Å². The Morgan fingerprint density at radius 1 is 1.10 bits per heavy atom. The molecular formula is C28H25FN8OS. The smallest absolute Gasteiger partial charge is 0.266 e. The summed E-state index contributed by atoms with van der Waals surface area (Å²) in [5.41, 5.74) is 9.53. The van der Waals surface area contributed by atoms with Crippen LogP contribution in [0.3, 0.4) is 0 Å². The van der Waals surface area contributed by atoms with Crippen molar-refractivity contribution in [3.8, 4) is 21.7 Å². The molecule has 0 aliphatic heterocycles. The van der Waals surface area contributed by atoms with Crippen molar-refractivity contribution in [2.75, 3.05) is 5.73 Å². The number of aromatic nitrogens is 7. The van der Waals surface area contributed by atoms with E-state index in [9.17, 15) is 9.18 Å². The Bertz CT molecular complexity index is 1950. The molecule has 0 unspecified atom stereocenters. The molecule has 39 heavy (non-hydrogen) atoms. The van der Waals surface area contributed by atoms with Gasteiger partial charge in [0.2, 0.25) is 0 Å². The second-order valence-corrected chi connectivity index (χ2v) is 11.5. The van der Waals surface area contributed by atoms with E-state index in [1.165, 1.54) is 34.2 Å². The molecule has 196 valence electrons. The molecule has 0 aliphatic carbocycles. The molecule has 0 atom stereocenters. The van der Waals surface area contributed by atoms with E-state index in [0.717, 1.165) is 15.4 Å². The van der Waals surface area contributed by atoms with Gasteiger partial charge in [-0.1, -0.05) is 39.0 Å². The molecule has 0 radical (unpaired) electrons. The van der Waals surface area contributed by atoms with Gasteiger partial charge in [0.15, 0.2) is 5.65 Å².